The second-order valence-corrected chi connectivity index (χ2v) is 13.6. The number of rotatable bonds is 7. The Morgan fingerprint density at radius 3 is 1.33 bits per heavy atom. The van der Waals surface area contributed by atoms with Gasteiger partial charge in [0.2, 0.25) is 0 Å². The Kier molecular flexibility index (Phi) is 8.12. The smallest absolute Gasteiger partial charge is 0.164 e. The van der Waals surface area contributed by atoms with Crippen LogP contribution in [0.15, 0.2) is 205 Å². The van der Waals surface area contributed by atoms with E-state index in [9.17, 15) is 0 Å². The molecular formula is C51H33N3O. The second kappa shape index (κ2) is 13.8. The van der Waals surface area contributed by atoms with E-state index in [1.54, 1.807) is 0 Å². The Labute approximate surface area is 319 Å². The maximum Gasteiger partial charge on any atom is 0.164 e. The zero-order valence-electron chi connectivity index (χ0n) is 29.8. The molecule has 0 bridgehead atoms. The minimum Gasteiger partial charge on any atom is -0.456 e. The van der Waals surface area contributed by atoms with Gasteiger partial charge in [0.15, 0.2) is 17.5 Å². The molecule has 0 radical (unpaired) electrons. The Morgan fingerprint density at radius 1 is 0.273 bits per heavy atom. The van der Waals surface area contributed by atoms with E-state index in [1.807, 2.05) is 72.8 Å². The van der Waals surface area contributed by atoms with Gasteiger partial charge in [0.25, 0.3) is 0 Å². The van der Waals surface area contributed by atoms with Crippen LogP contribution < -0.4 is 0 Å². The SMILES string of the molecule is c1ccc(-c2nc(-c3ccccc3)nc(-c3cccc4oc5ccc(-c6cccc(-c7cccc(-c8ccccc8-c8ccccc8)c7)c6)cc5c34)n2)cc1. The van der Waals surface area contributed by atoms with E-state index in [-0.39, 0.29) is 0 Å². The van der Waals surface area contributed by atoms with Gasteiger partial charge in [-0.25, -0.2) is 15.0 Å². The Balaban J connectivity index is 1.07. The summed E-state index contributed by atoms with van der Waals surface area (Å²) in [4.78, 5) is 15.0. The maximum atomic E-state index is 6.45. The minimum atomic E-state index is 0.599. The van der Waals surface area contributed by atoms with Crippen molar-refractivity contribution in [1.82, 2.24) is 15.0 Å². The summed E-state index contributed by atoms with van der Waals surface area (Å²) in [7, 11) is 0. The Morgan fingerprint density at radius 2 is 0.709 bits per heavy atom. The molecular weight excluding hydrogens is 671 g/mol. The zero-order valence-corrected chi connectivity index (χ0v) is 29.8. The van der Waals surface area contributed by atoms with Crippen LogP contribution in [0.1, 0.15) is 0 Å². The monoisotopic (exact) mass is 703 g/mol. The van der Waals surface area contributed by atoms with E-state index in [2.05, 4.69) is 127 Å². The molecule has 0 spiro atoms. The highest BCUT2D eigenvalue weighted by Crippen LogP contribution is 2.40. The molecule has 0 fully saturated rings. The molecule has 0 N–H and O–H groups in total. The largest absolute Gasteiger partial charge is 0.456 e. The molecule has 8 aromatic carbocycles. The lowest BCUT2D eigenvalue weighted by atomic mass is 9.92. The maximum absolute atomic E-state index is 6.45. The number of furan rings is 1. The zero-order chi connectivity index (χ0) is 36.6. The highest BCUT2D eigenvalue weighted by molar-refractivity contribution is 6.12. The standard InChI is InChI=1S/C51H33N3O/c1-4-15-34(16-5-1)42-25-10-11-26-43(42)41-24-13-23-39(32-41)37-21-12-22-38(31-37)40-29-30-46-45(33-40)48-44(27-14-28-47(48)55-46)51-53-49(35-17-6-2-7-18-35)52-50(54-51)36-19-8-3-9-20-36/h1-33H. The fraction of sp³-hybridized carbons (Fsp3) is 0. The lowest BCUT2D eigenvalue weighted by Crippen LogP contribution is -2.00. The van der Waals surface area contributed by atoms with Gasteiger partial charge in [-0.3, -0.25) is 0 Å². The Hall–Kier alpha value is -7.43. The summed E-state index contributed by atoms with van der Waals surface area (Å²) < 4.78 is 6.45. The summed E-state index contributed by atoms with van der Waals surface area (Å²) >= 11 is 0. The second-order valence-electron chi connectivity index (χ2n) is 13.6. The van der Waals surface area contributed by atoms with Crippen LogP contribution in [0.3, 0.4) is 0 Å². The van der Waals surface area contributed by atoms with Gasteiger partial charge in [-0.2, -0.15) is 0 Å². The number of aromatic nitrogens is 3. The normalized spacial score (nSPS) is 11.3. The summed E-state index contributed by atoms with van der Waals surface area (Å²) in [6, 6.07) is 69.5. The third-order valence-corrected chi connectivity index (χ3v) is 10.2. The molecule has 0 unspecified atom stereocenters. The number of benzene rings is 8. The predicted molar refractivity (Wildman–Crippen MR) is 225 cm³/mol. The highest BCUT2D eigenvalue weighted by atomic mass is 16.3. The summed E-state index contributed by atoms with van der Waals surface area (Å²) in [5, 5.41) is 1.99. The summed E-state index contributed by atoms with van der Waals surface area (Å²) in [5.41, 5.74) is 13.7. The molecule has 0 aliphatic heterocycles. The van der Waals surface area contributed by atoms with Crippen molar-refractivity contribution in [1.29, 1.82) is 0 Å². The van der Waals surface area contributed by atoms with Crippen LogP contribution in [0.25, 0.3) is 101 Å². The molecule has 10 aromatic rings. The van der Waals surface area contributed by atoms with Crippen molar-refractivity contribution in [3.05, 3.63) is 200 Å². The van der Waals surface area contributed by atoms with Crippen LogP contribution in [-0.4, -0.2) is 15.0 Å². The molecule has 0 atom stereocenters. The van der Waals surface area contributed by atoms with E-state index in [0.717, 1.165) is 60.9 Å². The fourth-order valence-corrected chi connectivity index (χ4v) is 7.47. The van der Waals surface area contributed by atoms with Gasteiger partial charge in [0.1, 0.15) is 11.2 Å². The molecule has 4 heteroatoms. The molecule has 4 nitrogen and oxygen atoms in total. The van der Waals surface area contributed by atoms with Crippen molar-refractivity contribution >= 4 is 21.9 Å². The lowest BCUT2D eigenvalue weighted by Gasteiger charge is -2.12. The fourth-order valence-electron chi connectivity index (χ4n) is 7.47. The quantitative estimate of drug-likeness (QED) is 0.166. The van der Waals surface area contributed by atoms with E-state index in [0.29, 0.717) is 17.5 Å². The van der Waals surface area contributed by atoms with E-state index in [4.69, 9.17) is 19.4 Å². The molecule has 258 valence electrons. The molecule has 0 saturated carbocycles. The number of fused-ring (bicyclic) bond motifs is 3. The van der Waals surface area contributed by atoms with Crippen LogP contribution in [0.5, 0.6) is 0 Å². The first-order valence-corrected chi connectivity index (χ1v) is 18.4. The van der Waals surface area contributed by atoms with Gasteiger partial charge in [-0.1, -0.05) is 170 Å². The van der Waals surface area contributed by atoms with Crippen LogP contribution in [-0.2, 0) is 0 Å². The number of hydrogen-bond donors (Lipinski definition) is 0. The average molecular weight is 704 g/mol. The van der Waals surface area contributed by atoms with Crippen LogP contribution in [0.2, 0.25) is 0 Å². The van der Waals surface area contributed by atoms with Gasteiger partial charge in [0.05, 0.1) is 0 Å². The molecule has 0 amide bonds. The first-order chi connectivity index (χ1) is 27.2. The van der Waals surface area contributed by atoms with Crippen molar-refractivity contribution in [3.63, 3.8) is 0 Å². The third-order valence-electron chi connectivity index (χ3n) is 10.2. The predicted octanol–water partition coefficient (Wildman–Crippen LogP) is 13.4. The van der Waals surface area contributed by atoms with Gasteiger partial charge >= 0.3 is 0 Å². The van der Waals surface area contributed by atoms with Crippen molar-refractivity contribution in [2.24, 2.45) is 0 Å². The molecule has 55 heavy (non-hydrogen) atoms. The molecule has 10 rings (SSSR count). The highest BCUT2D eigenvalue weighted by Gasteiger charge is 2.18. The van der Waals surface area contributed by atoms with Crippen molar-refractivity contribution in [3.8, 4) is 78.7 Å². The van der Waals surface area contributed by atoms with Crippen molar-refractivity contribution in [2.75, 3.05) is 0 Å². The molecule has 0 aliphatic rings. The number of nitrogens with zero attached hydrogens (tertiary/aromatic N) is 3. The van der Waals surface area contributed by atoms with E-state index < -0.39 is 0 Å². The Bertz CT molecular complexity index is 2910. The molecule has 0 saturated heterocycles. The lowest BCUT2D eigenvalue weighted by molar-refractivity contribution is 0.669. The van der Waals surface area contributed by atoms with Crippen molar-refractivity contribution in [2.45, 2.75) is 0 Å². The topological polar surface area (TPSA) is 51.8 Å². The van der Waals surface area contributed by atoms with Crippen LogP contribution in [0, 0.1) is 0 Å². The molecule has 2 aromatic heterocycles. The molecule has 2 heterocycles. The first-order valence-electron chi connectivity index (χ1n) is 18.4. The third kappa shape index (κ3) is 6.16. The van der Waals surface area contributed by atoms with E-state index >= 15 is 0 Å². The summed E-state index contributed by atoms with van der Waals surface area (Å²) in [6.07, 6.45) is 0. The first kappa shape index (κ1) is 32.2. The van der Waals surface area contributed by atoms with Gasteiger partial charge in [-0.05, 0) is 74.8 Å². The van der Waals surface area contributed by atoms with Gasteiger partial charge in [0, 0.05) is 27.5 Å². The summed E-state index contributed by atoms with van der Waals surface area (Å²) in [6.45, 7) is 0. The van der Waals surface area contributed by atoms with E-state index in [1.165, 1.54) is 22.3 Å². The van der Waals surface area contributed by atoms with Crippen molar-refractivity contribution < 1.29 is 4.42 Å². The summed E-state index contributed by atoms with van der Waals surface area (Å²) in [5.74, 6) is 1.85. The van der Waals surface area contributed by atoms with Gasteiger partial charge in [-0.15, -0.1) is 0 Å². The molecule has 0 aliphatic carbocycles. The number of hydrogen-bond acceptors (Lipinski definition) is 4. The van der Waals surface area contributed by atoms with Gasteiger partial charge < -0.3 is 4.42 Å². The minimum absolute atomic E-state index is 0.599. The average Bonchev–Trinajstić information content (AvgIpc) is 3.66. The van der Waals surface area contributed by atoms with Crippen LogP contribution in [0.4, 0.5) is 0 Å². The van der Waals surface area contributed by atoms with Crippen LogP contribution >= 0.6 is 0 Å².